The molecule has 6 nitrogen and oxygen atoms in total. The first kappa shape index (κ1) is 18.6. The van der Waals surface area contributed by atoms with Crippen molar-refractivity contribution < 1.29 is 14.8 Å². The van der Waals surface area contributed by atoms with Gasteiger partial charge in [0.25, 0.3) is 11.6 Å². The van der Waals surface area contributed by atoms with Gasteiger partial charge in [-0.05, 0) is 36.1 Å². The van der Waals surface area contributed by atoms with Gasteiger partial charge in [0.05, 0.1) is 11.0 Å². The second-order valence-electron chi connectivity index (χ2n) is 6.31. The molecule has 25 heavy (non-hydrogen) atoms. The number of amides is 1. The Morgan fingerprint density at radius 1 is 1.16 bits per heavy atom. The molecule has 0 aromatic heterocycles. The van der Waals surface area contributed by atoms with Crippen molar-refractivity contribution >= 4 is 11.6 Å². The number of hydrogen-bond acceptors (Lipinski definition) is 4. The van der Waals surface area contributed by atoms with Crippen LogP contribution in [-0.2, 0) is 0 Å². The zero-order valence-corrected chi connectivity index (χ0v) is 14.5. The van der Waals surface area contributed by atoms with E-state index in [1.165, 1.54) is 23.8 Å². The molecule has 2 aromatic carbocycles. The summed E-state index contributed by atoms with van der Waals surface area (Å²) in [5.41, 5.74) is 2.63. The van der Waals surface area contributed by atoms with Gasteiger partial charge in [-0.2, -0.15) is 0 Å². The lowest BCUT2D eigenvalue weighted by molar-refractivity contribution is -0.385. The standard InChI is InChI=1S/C19H22N2O4/c1-12(2)14-4-6-15(7-5-14)18(22)11-20-19(23)16-8-9-17(21(24)25)13(3)10-16/h4-10,12,18,22H,11H2,1-3H3,(H,20,23). The van der Waals surface area contributed by atoms with Crippen LogP contribution in [0.25, 0.3) is 0 Å². The van der Waals surface area contributed by atoms with Crippen molar-refractivity contribution in [3.8, 4) is 0 Å². The number of nitrogens with zero attached hydrogens (tertiary/aromatic N) is 1. The third-order valence-corrected chi connectivity index (χ3v) is 4.10. The molecule has 1 amide bonds. The molecular formula is C19H22N2O4. The highest BCUT2D eigenvalue weighted by Crippen LogP contribution is 2.20. The Balaban J connectivity index is 1.99. The Morgan fingerprint density at radius 2 is 1.76 bits per heavy atom. The molecule has 0 fully saturated rings. The topological polar surface area (TPSA) is 92.5 Å². The number of benzene rings is 2. The number of nitro benzene ring substituents is 1. The SMILES string of the molecule is Cc1cc(C(=O)NCC(O)c2ccc(C(C)C)cc2)ccc1[N+](=O)[O-]. The van der Waals surface area contributed by atoms with E-state index < -0.39 is 11.0 Å². The number of aliphatic hydroxyl groups is 1. The van der Waals surface area contributed by atoms with Crippen LogP contribution >= 0.6 is 0 Å². The summed E-state index contributed by atoms with van der Waals surface area (Å²) in [6, 6.07) is 11.8. The molecule has 0 radical (unpaired) electrons. The molecule has 0 aliphatic carbocycles. The van der Waals surface area contributed by atoms with Gasteiger partial charge in [0, 0.05) is 23.7 Å². The van der Waals surface area contributed by atoms with E-state index in [2.05, 4.69) is 19.2 Å². The van der Waals surface area contributed by atoms with Crippen molar-refractivity contribution in [3.63, 3.8) is 0 Å². The second kappa shape index (κ2) is 7.90. The van der Waals surface area contributed by atoms with Gasteiger partial charge in [-0.15, -0.1) is 0 Å². The summed E-state index contributed by atoms with van der Waals surface area (Å²) in [6.07, 6.45) is -0.815. The van der Waals surface area contributed by atoms with Crippen LogP contribution in [0.3, 0.4) is 0 Å². The molecule has 0 spiro atoms. The molecule has 0 bridgehead atoms. The highest BCUT2D eigenvalue weighted by molar-refractivity contribution is 5.94. The maximum absolute atomic E-state index is 12.2. The predicted molar refractivity (Wildman–Crippen MR) is 95.7 cm³/mol. The molecule has 2 N–H and O–H groups in total. The van der Waals surface area contributed by atoms with E-state index in [1.54, 1.807) is 6.92 Å². The van der Waals surface area contributed by atoms with Gasteiger partial charge in [-0.25, -0.2) is 0 Å². The molecule has 1 unspecified atom stereocenters. The van der Waals surface area contributed by atoms with Crippen molar-refractivity contribution in [3.05, 3.63) is 74.8 Å². The third kappa shape index (κ3) is 4.64. The average Bonchev–Trinajstić information content (AvgIpc) is 2.58. The molecule has 1 atom stereocenters. The highest BCUT2D eigenvalue weighted by Gasteiger charge is 2.15. The van der Waals surface area contributed by atoms with E-state index in [-0.39, 0.29) is 18.1 Å². The fourth-order valence-electron chi connectivity index (χ4n) is 2.51. The fourth-order valence-corrected chi connectivity index (χ4v) is 2.51. The molecule has 0 aliphatic rings. The summed E-state index contributed by atoms with van der Waals surface area (Å²) in [5, 5.41) is 23.7. The molecule has 0 saturated heterocycles. The monoisotopic (exact) mass is 342 g/mol. The minimum Gasteiger partial charge on any atom is -0.387 e. The summed E-state index contributed by atoms with van der Waals surface area (Å²) in [6.45, 7) is 5.84. The molecule has 0 heterocycles. The average molecular weight is 342 g/mol. The molecule has 2 rings (SSSR count). The van der Waals surface area contributed by atoms with Crippen molar-refractivity contribution in [2.45, 2.75) is 32.8 Å². The molecule has 6 heteroatoms. The minimum atomic E-state index is -0.815. The molecule has 0 aliphatic heterocycles. The van der Waals surface area contributed by atoms with E-state index in [4.69, 9.17) is 0 Å². The van der Waals surface area contributed by atoms with Gasteiger partial charge in [-0.3, -0.25) is 14.9 Å². The summed E-state index contributed by atoms with van der Waals surface area (Å²) >= 11 is 0. The maximum atomic E-state index is 12.2. The van der Waals surface area contributed by atoms with Crippen molar-refractivity contribution in [1.29, 1.82) is 0 Å². The first-order valence-corrected chi connectivity index (χ1v) is 8.10. The summed E-state index contributed by atoms with van der Waals surface area (Å²) in [4.78, 5) is 22.5. The molecule has 2 aromatic rings. The van der Waals surface area contributed by atoms with Crippen molar-refractivity contribution in [1.82, 2.24) is 5.32 Å². The number of nitrogens with one attached hydrogen (secondary N) is 1. The van der Waals surface area contributed by atoms with Crippen molar-refractivity contribution in [2.75, 3.05) is 6.54 Å². The molecule has 0 saturated carbocycles. The zero-order valence-electron chi connectivity index (χ0n) is 14.5. The van der Waals surface area contributed by atoms with Gasteiger partial charge in [0.1, 0.15) is 0 Å². The second-order valence-corrected chi connectivity index (χ2v) is 6.31. The van der Waals surface area contributed by atoms with Crippen LogP contribution in [0, 0.1) is 17.0 Å². The van der Waals surface area contributed by atoms with Crippen molar-refractivity contribution in [2.24, 2.45) is 0 Å². The normalized spacial score (nSPS) is 12.0. The molecular weight excluding hydrogens is 320 g/mol. The van der Waals surface area contributed by atoms with E-state index in [1.807, 2.05) is 24.3 Å². The van der Waals surface area contributed by atoms with Crippen LogP contribution in [0.5, 0.6) is 0 Å². The van der Waals surface area contributed by atoms with E-state index in [0.29, 0.717) is 17.0 Å². The number of rotatable bonds is 6. The minimum absolute atomic E-state index is 0.0261. The molecule has 132 valence electrons. The summed E-state index contributed by atoms with van der Waals surface area (Å²) in [7, 11) is 0. The van der Waals surface area contributed by atoms with Crippen LogP contribution in [0.2, 0.25) is 0 Å². The zero-order chi connectivity index (χ0) is 18.6. The van der Waals surface area contributed by atoms with Gasteiger partial charge in [0.15, 0.2) is 0 Å². The van der Waals surface area contributed by atoms with E-state index in [9.17, 15) is 20.0 Å². The number of aryl methyl sites for hydroxylation is 1. The number of aliphatic hydroxyl groups excluding tert-OH is 1. The highest BCUT2D eigenvalue weighted by atomic mass is 16.6. The fraction of sp³-hybridized carbons (Fsp3) is 0.316. The van der Waals surface area contributed by atoms with Crippen LogP contribution in [0.4, 0.5) is 5.69 Å². The quantitative estimate of drug-likeness (QED) is 0.621. The lowest BCUT2D eigenvalue weighted by Crippen LogP contribution is -2.28. The number of carbonyl (C=O) groups excluding carboxylic acids is 1. The summed E-state index contributed by atoms with van der Waals surface area (Å²) < 4.78 is 0. The third-order valence-electron chi connectivity index (χ3n) is 4.10. The van der Waals surface area contributed by atoms with E-state index in [0.717, 1.165) is 5.56 Å². The van der Waals surface area contributed by atoms with Gasteiger partial charge in [-0.1, -0.05) is 38.1 Å². The Labute approximate surface area is 146 Å². The van der Waals surface area contributed by atoms with Crippen LogP contribution in [0.15, 0.2) is 42.5 Å². The predicted octanol–water partition coefficient (Wildman–Crippen LogP) is 3.49. The van der Waals surface area contributed by atoms with Crippen LogP contribution in [-0.4, -0.2) is 22.5 Å². The Hall–Kier alpha value is -2.73. The summed E-state index contributed by atoms with van der Waals surface area (Å²) in [5.74, 6) is 0.0344. The van der Waals surface area contributed by atoms with Gasteiger partial charge < -0.3 is 10.4 Å². The lowest BCUT2D eigenvalue weighted by atomic mass is 10.00. The smallest absolute Gasteiger partial charge is 0.272 e. The number of hydrogen-bond donors (Lipinski definition) is 2. The van der Waals surface area contributed by atoms with Gasteiger partial charge in [0.2, 0.25) is 0 Å². The Bertz CT molecular complexity index is 769. The largest absolute Gasteiger partial charge is 0.387 e. The first-order chi connectivity index (χ1) is 11.8. The Morgan fingerprint density at radius 3 is 2.28 bits per heavy atom. The number of nitro groups is 1. The van der Waals surface area contributed by atoms with E-state index >= 15 is 0 Å². The number of carbonyl (C=O) groups is 1. The van der Waals surface area contributed by atoms with Gasteiger partial charge >= 0.3 is 0 Å². The van der Waals surface area contributed by atoms with Crippen LogP contribution < -0.4 is 5.32 Å². The van der Waals surface area contributed by atoms with Crippen LogP contribution in [0.1, 0.15) is 52.9 Å². The first-order valence-electron chi connectivity index (χ1n) is 8.10. The maximum Gasteiger partial charge on any atom is 0.272 e. The lowest BCUT2D eigenvalue weighted by Gasteiger charge is -2.14. The Kier molecular flexibility index (Phi) is 5.88.